The van der Waals surface area contributed by atoms with Crippen molar-refractivity contribution in [1.29, 1.82) is 0 Å². The minimum Gasteiger partial charge on any atom is -0.457 e. The van der Waals surface area contributed by atoms with Gasteiger partial charge < -0.3 is 15.4 Å². The van der Waals surface area contributed by atoms with Gasteiger partial charge >= 0.3 is 12.0 Å². The van der Waals surface area contributed by atoms with Crippen LogP contribution in [0.25, 0.3) is 0 Å². The quantitative estimate of drug-likeness (QED) is 0.431. The molecule has 0 saturated heterocycles. The molecule has 0 aliphatic carbocycles. The number of halogens is 3. The molecule has 4 rings (SSSR count). The molecule has 174 valence electrons. The van der Waals surface area contributed by atoms with Crippen molar-refractivity contribution in [3.63, 3.8) is 0 Å². The van der Waals surface area contributed by atoms with E-state index in [1.165, 1.54) is 42.5 Å². The van der Waals surface area contributed by atoms with Gasteiger partial charge in [0.2, 0.25) is 0 Å². The monoisotopic (exact) mass is 482 g/mol. The normalized spacial score (nSPS) is 15.5. The van der Waals surface area contributed by atoms with E-state index in [0.29, 0.717) is 34.7 Å². The number of hydrogen-bond donors (Lipinski definition) is 2. The van der Waals surface area contributed by atoms with Gasteiger partial charge in [-0.05, 0) is 65.9 Å². The highest BCUT2D eigenvalue weighted by atomic mass is 35.5. The summed E-state index contributed by atoms with van der Waals surface area (Å²) in [5.74, 6) is -1.57. The second kappa shape index (κ2) is 10.5. The molecule has 8 heteroatoms. The number of allylic oxidation sites excluding steroid dienone is 1. The first-order valence-corrected chi connectivity index (χ1v) is 11.0. The zero-order valence-electron chi connectivity index (χ0n) is 18.0. The first-order chi connectivity index (χ1) is 16.4. The lowest BCUT2D eigenvalue weighted by atomic mass is 9.93. The summed E-state index contributed by atoms with van der Waals surface area (Å²) in [7, 11) is 0. The topological polar surface area (TPSA) is 67.4 Å². The number of nitrogens with one attached hydrogen (secondary N) is 2. The van der Waals surface area contributed by atoms with Gasteiger partial charge in [0.25, 0.3) is 0 Å². The minimum absolute atomic E-state index is 0.0893. The van der Waals surface area contributed by atoms with Gasteiger partial charge in [-0.15, -0.1) is 0 Å². The molecular formula is C26H21ClF2N2O3. The molecule has 1 atom stereocenters. The van der Waals surface area contributed by atoms with Gasteiger partial charge in [0, 0.05) is 10.7 Å². The van der Waals surface area contributed by atoms with Crippen LogP contribution in [0.1, 0.15) is 29.2 Å². The smallest absolute Gasteiger partial charge is 0.338 e. The average Bonchev–Trinajstić information content (AvgIpc) is 2.82. The van der Waals surface area contributed by atoms with E-state index >= 15 is 0 Å². The van der Waals surface area contributed by atoms with E-state index in [9.17, 15) is 18.4 Å². The van der Waals surface area contributed by atoms with Crippen molar-refractivity contribution >= 4 is 23.6 Å². The van der Waals surface area contributed by atoms with E-state index in [1.807, 2.05) is 18.2 Å². The summed E-state index contributed by atoms with van der Waals surface area (Å²) in [5, 5.41) is 5.97. The SMILES string of the molecule is O=C1NC(CCc2cccc(Cl)c2)=C(C(=O)OCc2ccc(F)cc2)C(c2cccc(F)c2)N1. The number of carbonyl (C=O) groups is 2. The van der Waals surface area contributed by atoms with E-state index in [-0.39, 0.29) is 12.2 Å². The molecule has 0 spiro atoms. The lowest BCUT2D eigenvalue weighted by Crippen LogP contribution is -2.46. The molecule has 1 aliphatic rings. The van der Waals surface area contributed by atoms with Crippen LogP contribution in [-0.4, -0.2) is 12.0 Å². The Labute approximate surface area is 200 Å². The van der Waals surface area contributed by atoms with Crippen LogP contribution in [0, 0.1) is 11.6 Å². The van der Waals surface area contributed by atoms with E-state index in [4.69, 9.17) is 16.3 Å². The summed E-state index contributed by atoms with van der Waals surface area (Å²) in [6, 6.07) is 17.1. The molecule has 1 heterocycles. The zero-order valence-corrected chi connectivity index (χ0v) is 18.7. The summed E-state index contributed by atoms with van der Waals surface area (Å²) in [4.78, 5) is 25.7. The minimum atomic E-state index is -0.903. The van der Waals surface area contributed by atoms with Crippen LogP contribution in [0.5, 0.6) is 0 Å². The number of benzene rings is 3. The second-order valence-electron chi connectivity index (χ2n) is 7.81. The van der Waals surface area contributed by atoms with Crippen LogP contribution >= 0.6 is 11.6 Å². The fraction of sp³-hybridized carbons (Fsp3) is 0.154. The fourth-order valence-corrected chi connectivity index (χ4v) is 3.97. The summed E-state index contributed by atoms with van der Waals surface area (Å²) < 4.78 is 32.6. The highest BCUT2D eigenvalue weighted by molar-refractivity contribution is 6.30. The maximum atomic E-state index is 14.0. The molecule has 0 aromatic heterocycles. The lowest BCUT2D eigenvalue weighted by Gasteiger charge is -2.29. The molecule has 2 amide bonds. The van der Waals surface area contributed by atoms with E-state index in [1.54, 1.807) is 12.1 Å². The summed E-state index contributed by atoms with van der Waals surface area (Å²) >= 11 is 6.07. The molecule has 3 aromatic rings. The fourth-order valence-electron chi connectivity index (χ4n) is 3.76. The van der Waals surface area contributed by atoms with Crippen molar-refractivity contribution in [2.75, 3.05) is 0 Å². The first-order valence-electron chi connectivity index (χ1n) is 10.6. The Hall–Kier alpha value is -3.71. The van der Waals surface area contributed by atoms with Crippen LogP contribution < -0.4 is 10.6 Å². The van der Waals surface area contributed by atoms with Crippen LogP contribution in [0.4, 0.5) is 13.6 Å². The Balaban J connectivity index is 1.65. The number of amides is 2. The van der Waals surface area contributed by atoms with E-state index in [0.717, 1.165) is 5.56 Å². The molecule has 1 aliphatic heterocycles. The summed E-state index contributed by atoms with van der Waals surface area (Å²) in [6.45, 7) is -0.0893. The van der Waals surface area contributed by atoms with Crippen LogP contribution in [0.2, 0.25) is 5.02 Å². The van der Waals surface area contributed by atoms with Crippen molar-refractivity contribution in [3.8, 4) is 0 Å². The third-order valence-electron chi connectivity index (χ3n) is 5.39. The summed E-state index contributed by atoms with van der Waals surface area (Å²) in [5.41, 5.74) is 2.49. The molecule has 3 aromatic carbocycles. The molecule has 1 unspecified atom stereocenters. The first kappa shape index (κ1) is 23.4. The van der Waals surface area contributed by atoms with Gasteiger partial charge in [-0.3, -0.25) is 0 Å². The van der Waals surface area contributed by atoms with Gasteiger partial charge in [0.05, 0.1) is 11.6 Å². The van der Waals surface area contributed by atoms with Crippen molar-refractivity contribution in [2.24, 2.45) is 0 Å². The number of esters is 1. The van der Waals surface area contributed by atoms with Gasteiger partial charge in [-0.1, -0.05) is 48.0 Å². The maximum Gasteiger partial charge on any atom is 0.338 e. The second-order valence-corrected chi connectivity index (χ2v) is 8.25. The Morgan fingerprint density at radius 1 is 0.912 bits per heavy atom. The number of aryl methyl sites for hydroxylation is 1. The third kappa shape index (κ3) is 5.80. The van der Waals surface area contributed by atoms with Crippen molar-refractivity contribution in [2.45, 2.75) is 25.5 Å². The van der Waals surface area contributed by atoms with E-state index in [2.05, 4.69) is 10.6 Å². The number of rotatable bonds is 7. The van der Waals surface area contributed by atoms with Crippen LogP contribution in [0.3, 0.4) is 0 Å². The molecule has 0 fully saturated rings. The number of urea groups is 1. The Bertz CT molecular complexity index is 1240. The average molecular weight is 483 g/mol. The predicted molar refractivity (Wildman–Crippen MR) is 124 cm³/mol. The van der Waals surface area contributed by atoms with Crippen molar-refractivity contribution < 1.29 is 23.1 Å². The van der Waals surface area contributed by atoms with Gasteiger partial charge in [0.1, 0.15) is 18.2 Å². The Kier molecular flexibility index (Phi) is 7.23. The molecule has 0 bridgehead atoms. The third-order valence-corrected chi connectivity index (χ3v) is 5.63. The van der Waals surface area contributed by atoms with Crippen molar-refractivity contribution in [3.05, 3.63) is 117 Å². The van der Waals surface area contributed by atoms with Gasteiger partial charge in [-0.25, -0.2) is 18.4 Å². The molecule has 0 radical (unpaired) electrons. The lowest BCUT2D eigenvalue weighted by molar-refractivity contribution is -0.140. The molecular weight excluding hydrogens is 462 g/mol. The summed E-state index contributed by atoms with van der Waals surface area (Å²) in [6.07, 6.45) is 0.821. The standard InChI is InChI=1S/C26H21ClF2N2O3/c27-19-5-1-3-16(13-19)9-12-22-23(25(32)34-15-17-7-10-20(28)11-8-17)24(31-26(33)30-22)18-4-2-6-21(29)14-18/h1-8,10-11,13-14,24H,9,12,15H2,(H2,30,31,33). The molecule has 0 saturated carbocycles. The van der Waals surface area contributed by atoms with Crippen LogP contribution in [0.15, 0.2) is 84.1 Å². The van der Waals surface area contributed by atoms with Gasteiger partial charge in [-0.2, -0.15) is 0 Å². The number of carbonyl (C=O) groups excluding carboxylic acids is 2. The molecule has 2 N–H and O–H groups in total. The number of hydrogen-bond acceptors (Lipinski definition) is 3. The highest BCUT2D eigenvalue weighted by Gasteiger charge is 2.33. The molecule has 34 heavy (non-hydrogen) atoms. The van der Waals surface area contributed by atoms with Gasteiger partial charge in [0.15, 0.2) is 0 Å². The molecule has 5 nitrogen and oxygen atoms in total. The Morgan fingerprint density at radius 2 is 1.68 bits per heavy atom. The van der Waals surface area contributed by atoms with Crippen LogP contribution in [-0.2, 0) is 22.6 Å². The van der Waals surface area contributed by atoms with E-state index < -0.39 is 29.7 Å². The largest absolute Gasteiger partial charge is 0.457 e. The maximum absolute atomic E-state index is 14.0. The zero-order chi connectivity index (χ0) is 24.1. The highest BCUT2D eigenvalue weighted by Crippen LogP contribution is 2.30. The number of ether oxygens (including phenoxy) is 1. The Morgan fingerprint density at radius 3 is 2.41 bits per heavy atom. The van der Waals surface area contributed by atoms with Crippen molar-refractivity contribution in [1.82, 2.24) is 10.6 Å². The predicted octanol–water partition coefficient (Wildman–Crippen LogP) is 5.60.